The Kier molecular flexibility index (Phi) is 3.78. The Morgan fingerprint density at radius 1 is 1.11 bits per heavy atom. The number of carbonyl (C=O) groups is 1. The molecular weight excluding hydrogens is 342 g/mol. The molecule has 0 N–H and O–H groups in total. The summed E-state index contributed by atoms with van der Waals surface area (Å²) < 4.78 is 18.7. The fourth-order valence-electron chi connectivity index (χ4n) is 4.68. The minimum Gasteiger partial charge on any atom is -0.493 e. The Morgan fingerprint density at radius 2 is 1.93 bits per heavy atom. The van der Waals surface area contributed by atoms with Crippen LogP contribution in [0.4, 0.5) is 0 Å². The molecule has 27 heavy (non-hydrogen) atoms. The van der Waals surface area contributed by atoms with Crippen molar-refractivity contribution in [3.63, 3.8) is 0 Å². The van der Waals surface area contributed by atoms with Crippen molar-refractivity contribution in [1.29, 1.82) is 0 Å². The van der Waals surface area contributed by atoms with Crippen molar-refractivity contribution in [2.75, 3.05) is 32.9 Å². The molecule has 0 saturated carbocycles. The predicted molar refractivity (Wildman–Crippen MR) is 101 cm³/mol. The average molecular weight is 366 g/mol. The second-order valence-corrected chi connectivity index (χ2v) is 7.56. The van der Waals surface area contributed by atoms with Gasteiger partial charge in [-0.25, -0.2) is 0 Å². The number of rotatable bonds is 4. The first-order chi connectivity index (χ1) is 13.2. The molecule has 0 radical (unpaired) electrons. The second-order valence-electron chi connectivity index (χ2n) is 7.56. The maximum Gasteiger partial charge on any atom is 0.286 e. The number of carbonyl (C=O) groups excluding carboxylic acids is 1. The largest absolute Gasteiger partial charge is 0.493 e. The van der Waals surface area contributed by atoms with Crippen molar-refractivity contribution < 1.29 is 23.5 Å². The summed E-state index contributed by atoms with van der Waals surface area (Å²) in [6.07, 6.45) is 0.172. The minimum atomic E-state index is 0.0598. The SMILES string of the molecule is CCOc1cccc2c1-c1cc(OC3C(C)[N+]34CCOCC4)ccc1C2=O. The lowest BCUT2D eigenvalue weighted by molar-refractivity contribution is -0.845. The summed E-state index contributed by atoms with van der Waals surface area (Å²) in [6.45, 7) is 8.38. The van der Waals surface area contributed by atoms with Crippen LogP contribution in [-0.2, 0) is 4.74 Å². The highest BCUT2D eigenvalue weighted by Crippen LogP contribution is 2.46. The van der Waals surface area contributed by atoms with Gasteiger partial charge in [-0.1, -0.05) is 12.1 Å². The number of hydrogen-bond acceptors (Lipinski definition) is 4. The minimum absolute atomic E-state index is 0.0598. The van der Waals surface area contributed by atoms with Gasteiger partial charge in [-0.2, -0.15) is 0 Å². The van der Waals surface area contributed by atoms with Crippen LogP contribution >= 0.6 is 0 Å². The van der Waals surface area contributed by atoms with Gasteiger partial charge in [0.2, 0.25) is 0 Å². The zero-order valence-corrected chi connectivity index (χ0v) is 15.7. The van der Waals surface area contributed by atoms with Gasteiger partial charge in [0, 0.05) is 22.3 Å². The highest BCUT2D eigenvalue weighted by Gasteiger charge is 2.66. The number of nitrogens with zero attached hydrogens (tertiary/aromatic N) is 1. The number of quaternary nitrogens is 1. The highest BCUT2D eigenvalue weighted by molar-refractivity contribution is 6.22. The summed E-state index contributed by atoms with van der Waals surface area (Å²) in [5.41, 5.74) is 3.25. The molecule has 5 heteroatoms. The van der Waals surface area contributed by atoms with E-state index in [1.807, 2.05) is 43.3 Å². The van der Waals surface area contributed by atoms with E-state index in [9.17, 15) is 4.79 Å². The Bertz CT molecular complexity index is 917. The summed E-state index contributed by atoms with van der Waals surface area (Å²) in [5.74, 6) is 1.64. The molecular formula is C22H24NO4+. The number of fused-ring (bicyclic) bond motifs is 3. The molecule has 2 aromatic carbocycles. The number of morpholine rings is 1. The smallest absolute Gasteiger partial charge is 0.286 e. The Balaban J connectivity index is 1.48. The number of ether oxygens (including phenoxy) is 3. The van der Waals surface area contributed by atoms with E-state index in [0.29, 0.717) is 18.2 Å². The fourth-order valence-corrected chi connectivity index (χ4v) is 4.68. The summed E-state index contributed by atoms with van der Waals surface area (Å²) in [6, 6.07) is 12.0. The Hall–Kier alpha value is -2.37. The van der Waals surface area contributed by atoms with Gasteiger partial charge in [0.05, 0.1) is 19.8 Å². The van der Waals surface area contributed by atoms with Gasteiger partial charge in [-0.3, -0.25) is 9.28 Å². The van der Waals surface area contributed by atoms with Crippen molar-refractivity contribution in [3.8, 4) is 22.6 Å². The molecule has 2 aromatic rings. The van der Waals surface area contributed by atoms with E-state index >= 15 is 0 Å². The van der Waals surface area contributed by atoms with Gasteiger partial charge >= 0.3 is 0 Å². The van der Waals surface area contributed by atoms with Crippen molar-refractivity contribution in [2.24, 2.45) is 0 Å². The van der Waals surface area contributed by atoms with E-state index in [2.05, 4.69) is 6.92 Å². The van der Waals surface area contributed by atoms with Gasteiger partial charge < -0.3 is 14.2 Å². The molecule has 5 nitrogen and oxygen atoms in total. The first kappa shape index (κ1) is 16.8. The quantitative estimate of drug-likeness (QED) is 0.525. The third-order valence-corrected chi connectivity index (χ3v) is 6.28. The topological polar surface area (TPSA) is 44.8 Å². The van der Waals surface area contributed by atoms with Crippen LogP contribution < -0.4 is 9.47 Å². The van der Waals surface area contributed by atoms with Gasteiger partial charge in [-0.05, 0) is 38.1 Å². The van der Waals surface area contributed by atoms with E-state index in [4.69, 9.17) is 14.2 Å². The molecule has 140 valence electrons. The van der Waals surface area contributed by atoms with Crippen LogP contribution in [0.2, 0.25) is 0 Å². The lowest BCUT2D eigenvalue weighted by atomic mass is 10.0. The molecule has 0 aromatic heterocycles. The fraction of sp³-hybridized carbons (Fsp3) is 0.409. The maximum absolute atomic E-state index is 12.8. The van der Waals surface area contributed by atoms with Crippen LogP contribution in [0.25, 0.3) is 11.1 Å². The average Bonchev–Trinajstić information content (AvgIpc) is 3.07. The molecule has 3 aliphatic rings. The standard InChI is InChI=1S/C22H24NO4/c1-3-26-19-6-4-5-17-20(19)18-13-15(7-8-16(18)21(17)24)27-22-14(2)23(22)9-11-25-12-10-23/h4-8,13-14,22H,3,9-12H2,1-2H3/q+1. The van der Waals surface area contributed by atoms with Crippen LogP contribution in [0.3, 0.4) is 0 Å². The molecule has 0 bridgehead atoms. The zero-order chi connectivity index (χ0) is 18.6. The van der Waals surface area contributed by atoms with Crippen molar-refractivity contribution in [3.05, 3.63) is 47.5 Å². The molecule has 2 fully saturated rings. The van der Waals surface area contributed by atoms with Gasteiger partial charge in [-0.15, -0.1) is 0 Å². The van der Waals surface area contributed by atoms with E-state index in [1.165, 1.54) is 0 Å². The molecule has 5 rings (SSSR count). The monoisotopic (exact) mass is 366 g/mol. The van der Waals surface area contributed by atoms with Crippen LogP contribution in [-0.4, -0.2) is 55.4 Å². The molecule has 1 spiro atoms. The van der Waals surface area contributed by atoms with E-state index in [-0.39, 0.29) is 12.0 Å². The molecule has 2 unspecified atom stereocenters. The molecule has 2 saturated heterocycles. The second kappa shape index (κ2) is 6.08. The van der Waals surface area contributed by atoms with Crippen LogP contribution in [0.5, 0.6) is 11.5 Å². The predicted octanol–water partition coefficient (Wildman–Crippen LogP) is 3.25. The Labute approximate surface area is 159 Å². The van der Waals surface area contributed by atoms with Crippen molar-refractivity contribution in [1.82, 2.24) is 0 Å². The third kappa shape index (κ3) is 2.42. The Morgan fingerprint density at radius 3 is 2.70 bits per heavy atom. The summed E-state index contributed by atoms with van der Waals surface area (Å²) >= 11 is 0. The first-order valence-electron chi connectivity index (χ1n) is 9.71. The third-order valence-electron chi connectivity index (χ3n) is 6.28. The lowest BCUT2D eigenvalue weighted by Crippen LogP contribution is -2.42. The van der Waals surface area contributed by atoms with Gasteiger partial charge in [0.25, 0.3) is 6.23 Å². The summed E-state index contributed by atoms with van der Waals surface area (Å²) in [4.78, 5) is 12.8. The van der Waals surface area contributed by atoms with Crippen molar-refractivity contribution in [2.45, 2.75) is 26.1 Å². The van der Waals surface area contributed by atoms with E-state index in [0.717, 1.165) is 59.0 Å². The van der Waals surface area contributed by atoms with Gasteiger partial charge in [0.15, 0.2) is 11.8 Å². The zero-order valence-electron chi connectivity index (χ0n) is 15.7. The molecule has 0 amide bonds. The molecule has 2 atom stereocenters. The molecule has 2 heterocycles. The van der Waals surface area contributed by atoms with E-state index in [1.54, 1.807) is 0 Å². The summed E-state index contributed by atoms with van der Waals surface area (Å²) in [5, 5.41) is 0. The molecule has 2 aliphatic heterocycles. The first-order valence-corrected chi connectivity index (χ1v) is 9.71. The normalized spacial score (nSPS) is 24.4. The maximum atomic E-state index is 12.8. The summed E-state index contributed by atoms with van der Waals surface area (Å²) in [7, 11) is 0. The number of hydrogen-bond donors (Lipinski definition) is 0. The lowest BCUT2D eigenvalue weighted by Gasteiger charge is -2.25. The van der Waals surface area contributed by atoms with Crippen LogP contribution in [0, 0.1) is 0 Å². The number of ketones is 1. The van der Waals surface area contributed by atoms with Crippen molar-refractivity contribution >= 4 is 5.78 Å². The number of benzene rings is 2. The van der Waals surface area contributed by atoms with Crippen LogP contribution in [0.15, 0.2) is 36.4 Å². The van der Waals surface area contributed by atoms with E-state index < -0.39 is 0 Å². The molecule has 1 aliphatic carbocycles. The van der Waals surface area contributed by atoms with Gasteiger partial charge in [0.1, 0.15) is 24.6 Å². The highest BCUT2D eigenvalue weighted by atomic mass is 16.5. The van der Waals surface area contributed by atoms with Crippen LogP contribution in [0.1, 0.15) is 29.8 Å².